The van der Waals surface area contributed by atoms with Gasteiger partial charge in [0.1, 0.15) is 5.82 Å². The summed E-state index contributed by atoms with van der Waals surface area (Å²) in [6, 6.07) is 2.82. The molecular weight excluding hydrogens is 591 g/mol. The first-order valence-electron chi connectivity index (χ1n) is 14.1. The summed E-state index contributed by atoms with van der Waals surface area (Å²) in [4.78, 5) is 29.7. The molecular formula is C32H38F7N3O2. The number of aryl methyl sites for hydroxylation is 1. The van der Waals surface area contributed by atoms with Crippen LogP contribution in [0, 0.1) is 18.2 Å². The molecule has 2 aromatic rings. The van der Waals surface area contributed by atoms with Crippen molar-refractivity contribution in [2.24, 2.45) is 5.41 Å². The molecule has 3 rings (SSSR count). The van der Waals surface area contributed by atoms with Gasteiger partial charge in [0.05, 0.1) is 23.2 Å². The number of benzene rings is 2. The number of piperidine rings is 1. The number of carbonyl (C=O) groups excluding carboxylic acids is 2. The summed E-state index contributed by atoms with van der Waals surface area (Å²) in [5, 5.41) is 3.13. The molecule has 0 aliphatic carbocycles. The van der Waals surface area contributed by atoms with Gasteiger partial charge in [0, 0.05) is 24.5 Å². The predicted octanol–water partition coefficient (Wildman–Crippen LogP) is 8.60. The monoisotopic (exact) mass is 629 g/mol. The van der Waals surface area contributed by atoms with Gasteiger partial charge in [-0.25, -0.2) is 9.18 Å². The van der Waals surface area contributed by atoms with Gasteiger partial charge >= 0.3 is 18.4 Å². The molecule has 5 nitrogen and oxygen atoms in total. The molecule has 0 saturated carbocycles. The van der Waals surface area contributed by atoms with E-state index in [9.17, 15) is 40.3 Å². The Balaban J connectivity index is 2.05. The second-order valence-electron chi connectivity index (χ2n) is 12.6. The fraction of sp³-hybridized carbons (Fsp3) is 0.500. The zero-order chi connectivity index (χ0) is 33.4. The SMILES string of the molecule is C=CC[C@]1(NC(=O)C(C)(C)C)CCN(C(=O)N(C)[C@H](C)c2cc(C(F)(F)F)cc(C(F)(F)F)c2)[C@@H](c2ccc(F)cc2C)C1. The molecule has 3 amide bonds. The molecule has 0 radical (unpaired) electrons. The van der Waals surface area contributed by atoms with Crippen molar-refractivity contribution in [2.75, 3.05) is 13.6 Å². The third-order valence-electron chi connectivity index (χ3n) is 8.20. The van der Waals surface area contributed by atoms with E-state index in [1.165, 1.54) is 37.1 Å². The first-order chi connectivity index (χ1) is 20.1. The summed E-state index contributed by atoms with van der Waals surface area (Å²) < 4.78 is 95.3. The molecule has 1 saturated heterocycles. The van der Waals surface area contributed by atoms with E-state index in [1.807, 2.05) is 0 Å². The number of hydrogen-bond donors (Lipinski definition) is 1. The van der Waals surface area contributed by atoms with Crippen LogP contribution in [0.25, 0.3) is 0 Å². The largest absolute Gasteiger partial charge is 0.416 e. The van der Waals surface area contributed by atoms with Gasteiger partial charge in [-0.3, -0.25) is 4.79 Å². The van der Waals surface area contributed by atoms with Gasteiger partial charge in [-0.05, 0) is 80.1 Å². The van der Waals surface area contributed by atoms with Crippen molar-refractivity contribution >= 4 is 11.9 Å². The van der Waals surface area contributed by atoms with Crippen LogP contribution in [-0.4, -0.2) is 40.9 Å². The lowest BCUT2D eigenvalue weighted by Gasteiger charge is -2.49. The Morgan fingerprint density at radius 3 is 2.11 bits per heavy atom. The Morgan fingerprint density at radius 1 is 1.07 bits per heavy atom. The number of rotatable bonds is 6. The van der Waals surface area contributed by atoms with Crippen LogP contribution >= 0.6 is 0 Å². The lowest BCUT2D eigenvalue weighted by molar-refractivity contribution is -0.143. The molecule has 0 unspecified atom stereocenters. The third-order valence-corrected chi connectivity index (χ3v) is 8.20. The van der Waals surface area contributed by atoms with Crippen LogP contribution in [0.1, 0.15) is 86.9 Å². The molecule has 2 aromatic carbocycles. The van der Waals surface area contributed by atoms with Crippen LogP contribution in [0.3, 0.4) is 0 Å². The van der Waals surface area contributed by atoms with Crippen LogP contribution in [0.5, 0.6) is 0 Å². The summed E-state index contributed by atoms with van der Waals surface area (Å²) in [6.07, 6.45) is -7.54. The maximum atomic E-state index is 14.1. The summed E-state index contributed by atoms with van der Waals surface area (Å²) in [6.45, 7) is 12.2. The average molecular weight is 630 g/mol. The van der Waals surface area contributed by atoms with Gasteiger partial charge in [-0.2, -0.15) is 26.3 Å². The Hall–Kier alpha value is -3.57. The van der Waals surface area contributed by atoms with Gasteiger partial charge in [-0.15, -0.1) is 6.58 Å². The van der Waals surface area contributed by atoms with E-state index in [0.29, 0.717) is 36.1 Å². The van der Waals surface area contributed by atoms with Gasteiger partial charge in [0.25, 0.3) is 0 Å². The Kier molecular flexibility index (Phi) is 9.87. The second kappa shape index (κ2) is 12.4. The van der Waals surface area contributed by atoms with Crippen LogP contribution in [0.15, 0.2) is 49.1 Å². The van der Waals surface area contributed by atoms with Gasteiger partial charge in [-0.1, -0.05) is 32.9 Å². The van der Waals surface area contributed by atoms with E-state index in [1.54, 1.807) is 33.8 Å². The minimum absolute atomic E-state index is 0.0427. The average Bonchev–Trinajstić information content (AvgIpc) is 2.90. The highest BCUT2D eigenvalue weighted by Crippen LogP contribution is 2.42. The predicted molar refractivity (Wildman–Crippen MR) is 153 cm³/mol. The normalized spacial score (nSPS) is 20.2. The molecule has 0 bridgehead atoms. The molecule has 0 spiro atoms. The molecule has 1 aliphatic rings. The van der Waals surface area contributed by atoms with E-state index < -0.39 is 58.4 Å². The Bertz CT molecular complexity index is 1370. The van der Waals surface area contributed by atoms with Crippen molar-refractivity contribution in [2.45, 2.75) is 83.9 Å². The number of nitrogens with one attached hydrogen (secondary N) is 1. The number of hydrogen-bond acceptors (Lipinski definition) is 2. The lowest BCUT2D eigenvalue weighted by atomic mass is 9.77. The minimum Gasteiger partial charge on any atom is -0.350 e. The van der Waals surface area contributed by atoms with E-state index in [4.69, 9.17) is 0 Å². The molecule has 1 heterocycles. The van der Waals surface area contributed by atoms with Gasteiger partial charge in [0.2, 0.25) is 5.91 Å². The second-order valence-corrected chi connectivity index (χ2v) is 12.6. The van der Waals surface area contributed by atoms with Crippen molar-refractivity contribution in [3.63, 3.8) is 0 Å². The Morgan fingerprint density at radius 2 is 1.64 bits per heavy atom. The number of halogens is 7. The first-order valence-corrected chi connectivity index (χ1v) is 14.1. The molecule has 3 atom stereocenters. The molecule has 1 fully saturated rings. The van der Waals surface area contributed by atoms with E-state index in [-0.39, 0.29) is 30.5 Å². The van der Waals surface area contributed by atoms with Crippen molar-refractivity contribution in [1.82, 2.24) is 15.1 Å². The van der Waals surface area contributed by atoms with Crippen molar-refractivity contribution in [3.8, 4) is 0 Å². The molecule has 12 heteroatoms. The van der Waals surface area contributed by atoms with E-state index >= 15 is 0 Å². The third kappa shape index (κ3) is 7.74. The van der Waals surface area contributed by atoms with Crippen molar-refractivity contribution in [3.05, 3.63) is 82.7 Å². The number of alkyl halides is 6. The zero-order valence-corrected chi connectivity index (χ0v) is 25.6. The number of nitrogens with zero attached hydrogens (tertiary/aromatic N) is 2. The molecule has 1 N–H and O–H groups in total. The van der Waals surface area contributed by atoms with Crippen LogP contribution < -0.4 is 5.32 Å². The van der Waals surface area contributed by atoms with Gasteiger partial charge in [0.15, 0.2) is 0 Å². The summed E-state index contributed by atoms with van der Waals surface area (Å²) in [5.41, 5.74) is -3.70. The topological polar surface area (TPSA) is 52.7 Å². The van der Waals surface area contributed by atoms with Crippen molar-refractivity contribution in [1.29, 1.82) is 0 Å². The molecule has 242 valence electrons. The summed E-state index contributed by atoms with van der Waals surface area (Å²) in [7, 11) is 1.31. The fourth-order valence-electron chi connectivity index (χ4n) is 5.46. The van der Waals surface area contributed by atoms with Gasteiger partial charge < -0.3 is 15.1 Å². The highest BCUT2D eigenvalue weighted by molar-refractivity contribution is 5.82. The first kappa shape index (κ1) is 34.9. The number of amides is 3. The fourth-order valence-corrected chi connectivity index (χ4v) is 5.46. The van der Waals surface area contributed by atoms with Crippen LogP contribution in [-0.2, 0) is 17.1 Å². The minimum atomic E-state index is -5.04. The number of urea groups is 1. The smallest absolute Gasteiger partial charge is 0.350 e. The summed E-state index contributed by atoms with van der Waals surface area (Å²) in [5.74, 6) is -0.710. The maximum absolute atomic E-state index is 14.1. The van der Waals surface area contributed by atoms with Crippen molar-refractivity contribution < 1.29 is 40.3 Å². The number of carbonyl (C=O) groups is 2. The zero-order valence-electron chi connectivity index (χ0n) is 25.6. The summed E-state index contributed by atoms with van der Waals surface area (Å²) >= 11 is 0. The van der Waals surface area contributed by atoms with Crippen LogP contribution in [0.2, 0.25) is 0 Å². The van der Waals surface area contributed by atoms with E-state index in [0.717, 1.165) is 4.90 Å². The highest BCUT2D eigenvalue weighted by Gasteiger charge is 2.45. The molecule has 44 heavy (non-hydrogen) atoms. The lowest BCUT2D eigenvalue weighted by Crippen LogP contribution is -2.59. The molecule has 1 aliphatic heterocycles. The number of likely N-dealkylation sites (tertiary alicyclic amines) is 1. The highest BCUT2D eigenvalue weighted by atomic mass is 19.4. The molecule has 0 aromatic heterocycles. The van der Waals surface area contributed by atoms with E-state index in [2.05, 4.69) is 11.9 Å². The maximum Gasteiger partial charge on any atom is 0.416 e. The Labute approximate surface area is 253 Å². The quantitative estimate of drug-likeness (QED) is 0.257. The van der Waals surface area contributed by atoms with Crippen LogP contribution in [0.4, 0.5) is 35.5 Å². The standard InChI is InChI=1S/C32H38F7N3O2/c1-8-11-30(40-27(43)29(4,5)6)12-13-42(26(18-30)25-10-9-24(33)14-19(25)2)28(44)41(7)20(3)21-15-22(31(34,35)36)17-23(16-21)32(37,38)39/h8-10,14-17,20,26H,1,11-13,18H2,2-7H3,(H,40,43)/t20-,26-,30+/m1/s1.